The van der Waals surface area contributed by atoms with Crippen molar-refractivity contribution >= 4 is 27.5 Å². The van der Waals surface area contributed by atoms with E-state index in [0.717, 1.165) is 11.1 Å². The summed E-state index contributed by atoms with van der Waals surface area (Å²) in [6.45, 7) is 0. The van der Waals surface area contributed by atoms with E-state index in [1.807, 2.05) is 6.07 Å². The summed E-state index contributed by atoms with van der Waals surface area (Å²) in [6.07, 6.45) is 0.542. The molecule has 5 heteroatoms. The smallest absolute Gasteiger partial charge is 0.137 e. The normalized spacial score (nSPS) is 12.4. The number of benzene rings is 2. The molecule has 0 aliphatic heterocycles. The van der Waals surface area contributed by atoms with Gasteiger partial charge in [0, 0.05) is 11.1 Å². The van der Waals surface area contributed by atoms with Crippen molar-refractivity contribution in [3.63, 3.8) is 0 Å². The molecule has 0 saturated heterocycles. The summed E-state index contributed by atoms with van der Waals surface area (Å²) < 4.78 is 27.1. The standard InChI is InChI=1S/C15H13BrClF2N/c1-20-14(11-6-5-10(18)8-12(11)17)7-9-3-2-4-13(19)15(9)16/h2-6,8,14,20H,7H2,1H3. The molecule has 2 aromatic carbocycles. The van der Waals surface area contributed by atoms with Crippen LogP contribution in [0, 0.1) is 11.6 Å². The van der Waals surface area contributed by atoms with E-state index in [2.05, 4.69) is 21.2 Å². The highest BCUT2D eigenvalue weighted by Gasteiger charge is 2.16. The van der Waals surface area contributed by atoms with E-state index in [0.29, 0.717) is 15.9 Å². The van der Waals surface area contributed by atoms with Crippen LogP contribution in [0.2, 0.25) is 5.02 Å². The first-order valence-electron chi connectivity index (χ1n) is 6.08. The molecule has 1 unspecified atom stereocenters. The Morgan fingerprint density at radius 3 is 2.65 bits per heavy atom. The Balaban J connectivity index is 2.31. The zero-order chi connectivity index (χ0) is 14.7. The molecular weight excluding hydrogens is 348 g/mol. The van der Waals surface area contributed by atoms with Crippen LogP contribution in [-0.4, -0.2) is 7.05 Å². The van der Waals surface area contributed by atoms with Crippen molar-refractivity contribution < 1.29 is 8.78 Å². The molecule has 0 saturated carbocycles. The summed E-state index contributed by atoms with van der Waals surface area (Å²) in [7, 11) is 1.79. The van der Waals surface area contributed by atoms with Crippen molar-refractivity contribution in [1.82, 2.24) is 5.32 Å². The van der Waals surface area contributed by atoms with Gasteiger partial charge in [0.15, 0.2) is 0 Å². The molecule has 106 valence electrons. The third-order valence-electron chi connectivity index (χ3n) is 3.14. The second-order valence-electron chi connectivity index (χ2n) is 4.42. The molecule has 0 radical (unpaired) electrons. The lowest BCUT2D eigenvalue weighted by Crippen LogP contribution is -2.19. The maximum Gasteiger partial charge on any atom is 0.137 e. The minimum atomic E-state index is -0.375. The highest BCUT2D eigenvalue weighted by Crippen LogP contribution is 2.29. The predicted octanol–water partition coefficient (Wildman–Crippen LogP) is 4.88. The molecule has 0 heterocycles. The molecule has 0 amide bonds. The summed E-state index contributed by atoms with van der Waals surface area (Å²) in [6, 6.07) is 9.07. The number of likely N-dealkylation sites (N-methyl/N-ethyl adjacent to an activating group) is 1. The lowest BCUT2D eigenvalue weighted by Gasteiger charge is -2.19. The van der Waals surface area contributed by atoms with Gasteiger partial charge in [0.25, 0.3) is 0 Å². The van der Waals surface area contributed by atoms with E-state index in [1.54, 1.807) is 19.2 Å². The van der Waals surface area contributed by atoms with Crippen molar-refractivity contribution in [2.24, 2.45) is 0 Å². The van der Waals surface area contributed by atoms with Gasteiger partial charge in [-0.25, -0.2) is 8.78 Å². The fraction of sp³-hybridized carbons (Fsp3) is 0.200. The molecule has 0 bridgehead atoms. The number of rotatable bonds is 4. The zero-order valence-corrected chi connectivity index (χ0v) is 13.1. The van der Waals surface area contributed by atoms with Gasteiger partial charge in [-0.15, -0.1) is 0 Å². The van der Waals surface area contributed by atoms with Gasteiger partial charge in [-0.3, -0.25) is 0 Å². The Hall–Kier alpha value is -0.970. The third kappa shape index (κ3) is 3.37. The number of nitrogens with one attached hydrogen (secondary N) is 1. The average Bonchev–Trinajstić information content (AvgIpc) is 2.41. The second kappa shape index (κ2) is 6.66. The molecule has 0 fully saturated rings. The van der Waals surface area contributed by atoms with Crippen LogP contribution in [0.25, 0.3) is 0 Å². The summed E-state index contributed by atoms with van der Waals surface area (Å²) in [4.78, 5) is 0. The quantitative estimate of drug-likeness (QED) is 0.819. The van der Waals surface area contributed by atoms with Crippen LogP contribution in [0.15, 0.2) is 40.9 Å². The van der Waals surface area contributed by atoms with E-state index in [1.165, 1.54) is 18.2 Å². The maximum absolute atomic E-state index is 13.5. The van der Waals surface area contributed by atoms with Gasteiger partial charge in [0.2, 0.25) is 0 Å². The SMILES string of the molecule is CNC(Cc1cccc(F)c1Br)c1ccc(F)cc1Cl. The summed E-state index contributed by atoms with van der Waals surface area (Å²) >= 11 is 9.32. The van der Waals surface area contributed by atoms with Gasteiger partial charge in [-0.2, -0.15) is 0 Å². The Morgan fingerprint density at radius 2 is 2.00 bits per heavy atom. The predicted molar refractivity (Wildman–Crippen MR) is 81.0 cm³/mol. The van der Waals surface area contributed by atoms with Gasteiger partial charge in [0.05, 0.1) is 4.47 Å². The average molecular weight is 361 g/mol. The monoisotopic (exact) mass is 359 g/mol. The van der Waals surface area contributed by atoms with Crippen molar-refractivity contribution in [2.75, 3.05) is 7.05 Å². The van der Waals surface area contributed by atoms with Gasteiger partial charge >= 0.3 is 0 Å². The van der Waals surface area contributed by atoms with Crippen molar-refractivity contribution in [1.29, 1.82) is 0 Å². The number of hydrogen-bond acceptors (Lipinski definition) is 1. The Morgan fingerprint density at radius 1 is 1.25 bits per heavy atom. The fourth-order valence-electron chi connectivity index (χ4n) is 2.08. The molecule has 1 nitrogen and oxygen atoms in total. The van der Waals surface area contributed by atoms with Crippen LogP contribution >= 0.6 is 27.5 Å². The van der Waals surface area contributed by atoms with Gasteiger partial charge in [-0.05, 0) is 58.7 Å². The third-order valence-corrected chi connectivity index (χ3v) is 4.36. The second-order valence-corrected chi connectivity index (χ2v) is 5.62. The largest absolute Gasteiger partial charge is 0.313 e. The highest BCUT2D eigenvalue weighted by molar-refractivity contribution is 9.10. The summed E-state index contributed by atoms with van der Waals surface area (Å²) in [5.41, 5.74) is 1.61. The minimum absolute atomic E-state index is 0.124. The van der Waals surface area contributed by atoms with Crippen LogP contribution in [0.4, 0.5) is 8.78 Å². The van der Waals surface area contributed by atoms with Crippen molar-refractivity contribution in [3.8, 4) is 0 Å². The Bertz CT molecular complexity index is 619. The molecule has 0 spiro atoms. The van der Waals surface area contributed by atoms with Gasteiger partial charge in [-0.1, -0.05) is 29.8 Å². The molecule has 0 aliphatic rings. The van der Waals surface area contributed by atoms with E-state index in [9.17, 15) is 8.78 Å². The number of hydrogen-bond donors (Lipinski definition) is 1. The van der Waals surface area contributed by atoms with Gasteiger partial charge < -0.3 is 5.32 Å². The van der Waals surface area contributed by atoms with Crippen LogP contribution in [0.5, 0.6) is 0 Å². The lowest BCUT2D eigenvalue weighted by molar-refractivity contribution is 0.577. The zero-order valence-electron chi connectivity index (χ0n) is 10.8. The molecular formula is C15H13BrClF2N. The molecule has 20 heavy (non-hydrogen) atoms. The molecule has 2 aromatic rings. The van der Waals surface area contributed by atoms with Crippen LogP contribution < -0.4 is 5.32 Å². The fourth-order valence-corrected chi connectivity index (χ4v) is 2.80. The van der Waals surface area contributed by atoms with Crippen molar-refractivity contribution in [3.05, 3.63) is 68.7 Å². The molecule has 1 atom stereocenters. The van der Waals surface area contributed by atoms with Crippen molar-refractivity contribution in [2.45, 2.75) is 12.5 Å². The van der Waals surface area contributed by atoms with Gasteiger partial charge in [0.1, 0.15) is 11.6 Å². The van der Waals surface area contributed by atoms with E-state index < -0.39 is 0 Å². The van der Waals surface area contributed by atoms with Crippen LogP contribution in [0.1, 0.15) is 17.2 Å². The summed E-state index contributed by atoms with van der Waals surface area (Å²) in [5, 5.41) is 3.48. The maximum atomic E-state index is 13.5. The molecule has 0 aliphatic carbocycles. The first kappa shape index (κ1) is 15.4. The minimum Gasteiger partial charge on any atom is -0.313 e. The van der Waals surface area contributed by atoms with Crippen LogP contribution in [0.3, 0.4) is 0 Å². The first-order chi connectivity index (χ1) is 9.52. The van der Waals surface area contributed by atoms with E-state index in [-0.39, 0.29) is 17.7 Å². The number of halogens is 4. The van der Waals surface area contributed by atoms with Crippen LogP contribution in [-0.2, 0) is 6.42 Å². The molecule has 1 N–H and O–H groups in total. The first-order valence-corrected chi connectivity index (χ1v) is 7.25. The highest BCUT2D eigenvalue weighted by atomic mass is 79.9. The Kier molecular flexibility index (Phi) is 5.13. The molecule has 0 aromatic heterocycles. The Labute approximate surface area is 130 Å². The summed E-state index contributed by atoms with van der Waals surface area (Å²) in [5.74, 6) is -0.678. The molecule has 2 rings (SSSR count). The lowest BCUT2D eigenvalue weighted by atomic mass is 9.99. The van der Waals surface area contributed by atoms with E-state index in [4.69, 9.17) is 11.6 Å². The topological polar surface area (TPSA) is 12.0 Å². The van der Waals surface area contributed by atoms with E-state index >= 15 is 0 Å².